The largest absolute Gasteiger partial charge is 0.366 e. The van der Waals surface area contributed by atoms with Gasteiger partial charge in [-0.1, -0.05) is 42.5 Å². The number of nitrogens with two attached hydrogens (primary N) is 1. The molecule has 4 aromatic rings. The number of rotatable bonds is 4. The summed E-state index contributed by atoms with van der Waals surface area (Å²) < 4.78 is 0. The first-order valence-corrected chi connectivity index (χ1v) is 9.31. The fraction of sp³-hybridized carbons (Fsp3) is 0. The molecule has 9 heteroatoms. The van der Waals surface area contributed by atoms with E-state index >= 15 is 0 Å². The molecule has 0 saturated heterocycles. The topological polar surface area (TPSA) is 135 Å². The summed E-state index contributed by atoms with van der Waals surface area (Å²) in [4.78, 5) is 39.4. The first-order chi connectivity index (χ1) is 15.0. The van der Waals surface area contributed by atoms with Gasteiger partial charge >= 0.3 is 0 Å². The first-order valence-electron chi connectivity index (χ1n) is 9.31. The van der Waals surface area contributed by atoms with Gasteiger partial charge in [-0.3, -0.25) is 14.4 Å². The Labute approximate surface area is 175 Å². The second-order valence-corrected chi connectivity index (χ2v) is 6.92. The van der Waals surface area contributed by atoms with Crippen molar-refractivity contribution in [1.29, 1.82) is 0 Å². The minimum atomic E-state index is -0.736. The molecule has 150 valence electrons. The summed E-state index contributed by atoms with van der Waals surface area (Å²) in [5.74, 6) is -1.46. The van der Waals surface area contributed by atoms with Crippen LogP contribution in [0.4, 0.5) is 5.69 Å². The van der Waals surface area contributed by atoms with Crippen molar-refractivity contribution >= 4 is 23.4 Å². The number of aromatic amines is 1. The van der Waals surface area contributed by atoms with Gasteiger partial charge in [0.15, 0.2) is 5.82 Å². The molecule has 0 radical (unpaired) electrons. The third-order valence-corrected chi connectivity index (χ3v) is 5.12. The second kappa shape index (κ2) is 6.99. The molecule has 0 bridgehead atoms. The quantitative estimate of drug-likeness (QED) is 0.496. The fourth-order valence-electron chi connectivity index (χ4n) is 3.62. The molecule has 3 aromatic carbocycles. The second-order valence-electron chi connectivity index (χ2n) is 6.92. The summed E-state index contributed by atoms with van der Waals surface area (Å²) in [6, 6.07) is 19.0. The number of amides is 3. The molecule has 1 aliphatic rings. The maximum Gasteiger partial charge on any atom is 0.266 e. The average Bonchev–Trinajstić information content (AvgIpc) is 3.41. The summed E-state index contributed by atoms with van der Waals surface area (Å²) >= 11 is 0. The zero-order valence-electron chi connectivity index (χ0n) is 15.9. The van der Waals surface area contributed by atoms with E-state index in [-0.39, 0.29) is 22.4 Å². The minimum Gasteiger partial charge on any atom is -0.366 e. The Balaban J connectivity index is 1.63. The molecule has 5 rings (SSSR count). The van der Waals surface area contributed by atoms with Crippen LogP contribution >= 0.6 is 0 Å². The van der Waals surface area contributed by atoms with E-state index in [2.05, 4.69) is 20.6 Å². The maximum absolute atomic E-state index is 13.2. The summed E-state index contributed by atoms with van der Waals surface area (Å²) in [5, 5.41) is 13.5. The van der Waals surface area contributed by atoms with Gasteiger partial charge in [-0.15, -0.1) is 5.10 Å². The van der Waals surface area contributed by atoms with Crippen molar-refractivity contribution in [3.63, 3.8) is 0 Å². The third kappa shape index (κ3) is 2.96. The average molecular weight is 410 g/mol. The molecule has 0 atom stereocenters. The molecular weight excluding hydrogens is 396 g/mol. The van der Waals surface area contributed by atoms with Gasteiger partial charge in [0.2, 0.25) is 0 Å². The SMILES string of the molecule is NC(=O)c1ccc(-c2ccccc2)cc1N1C(=O)c2ccc(-c3nnn[nH]3)cc2C1=O. The van der Waals surface area contributed by atoms with Crippen LogP contribution in [0.5, 0.6) is 0 Å². The lowest BCUT2D eigenvalue weighted by Gasteiger charge is -2.18. The third-order valence-electron chi connectivity index (χ3n) is 5.12. The number of fused-ring (bicyclic) bond motifs is 1. The molecule has 0 spiro atoms. The van der Waals surface area contributed by atoms with Crippen molar-refractivity contribution in [1.82, 2.24) is 20.6 Å². The van der Waals surface area contributed by atoms with Gasteiger partial charge in [-0.25, -0.2) is 10.00 Å². The Morgan fingerprint density at radius 2 is 1.58 bits per heavy atom. The Kier molecular flexibility index (Phi) is 4.14. The minimum absolute atomic E-state index is 0.0776. The van der Waals surface area contributed by atoms with Crippen molar-refractivity contribution in [3.8, 4) is 22.5 Å². The van der Waals surface area contributed by atoms with Crippen LogP contribution in [0.25, 0.3) is 22.5 Å². The van der Waals surface area contributed by atoms with Gasteiger partial charge in [0.05, 0.1) is 22.4 Å². The summed E-state index contributed by atoms with van der Waals surface area (Å²) in [6.45, 7) is 0. The number of aromatic nitrogens is 4. The standard InChI is InChI=1S/C22H14N6O3/c23-19(29)16-9-6-13(12-4-2-1-3-5-12)11-18(16)28-21(30)15-8-7-14(10-17(15)22(28)31)20-24-26-27-25-20/h1-11H,(H2,23,29)(H,24,25,26,27). The molecule has 1 aliphatic heterocycles. The zero-order valence-corrected chi connectivity index (χ0v) is 15.9. The predicted octanol–water partition coefficient (Wildman–Crippen LogP) is 2.43. The van der Waals surface area contributed by atoms with Crippen LogP contribution in [-0.2, 0) is 0 Å². The number of anilines is 1. The van der Waals surface area contributed by atoms with E-state index in [9.17, 15) is 14.4 Å². The van der Waals surface area contributed by atoms with Crippen LogP contribution in [0.3, 0.4) is 0 Å². The highest BCUT2D eigenvalue weighted by molar-refractivity contribution is 6.35. The van der Waals surface area contributed by atoms with Crippen molar-refractivity contribution in [2.24, 2.45) is 5.73 Å². The summed E-state index contributed by atoms with van der Waals surface area (Å²) in [5.41, 5.74) is 8.35. The van der Waals surface area contributed by atoms with Gasteiger partial charge in [0.1, 0.15) is 0 Å². The number of primary amides is 1. The van der Waals surface area contributed by atoms with E-state index < -0.39 is 17.7 Å². The van der Waals surface area contributed by atoms with E-state index in [0.29, 0.717) is 11.4 Å². The monoisotopic (exact) mass is 410 g/mol. The van der Waals surface area contributed by atoms with Gasteiger partial charge in [0, 0.05) is 5.56 Å². The van der Waals surface area contributed by atoms with Gasteiger partial charge in [-0.05, 0) is 45.8 Å². The van der Waals surface area contributed by atoms with Crippen LogP contribution in [0.15, 0.2) is 66.7 Å². The summed E-state index contributed by atoms with van der Waals surface area (Å²) in [7, 11) is 0. The number of carbonyl (C=O) groups excluding carboxylic acids is 3. The van der Waals surface area contributed by atoms with Crippen LogP contribution in [0, 0.1) is 0 Å². The molecule has 31 heavy (non-hydrogen) atoms. The molecule has 0 unspecified atom stereocenters. The Morgan fingerprint density at radius 3 is 2.29 bits per heavy atom. The van der Waals surface area contributed by atoms with E-state index in [0.717, 1.165) is 16.0 Å². The highest BCUT2D eigenvalue weighted by Crippen LogP contribution is 2.35. The number of hydrogen-bond acceptors (Lipinski definition) is 6. The lowest BCUT2D eigenvalue weighted by Crippen LogP contribution is -2.31. The Bertz CT molecular complexity index is 1350. The van der Waals surface area contributed by atoms with Crippen LogP contribution < -0.4 is 10.6 Å². The molecule has 0 fully saturated rings. The number of nitrogens with zero attached hydrogens (tertiary/aromatic N) is 4. The normalized spacial score (nSPS) is 12.8. The molecule has 2 heterocycles. The van der Waals surface area contributed by atoms with E-state index in [1.165, 1.54) is 6.07 Å². The molecule has 1 aromatic heterocycles. The molecule has 0 aliphatic carbocycles. The van der Waals surface area contributed by atoms with Crippen molar-refractivity contribution in [2.45, 2.75) is 0 Å². The number of nitrogens with one attached hydrogen (secondary N) is 1. The number of benzene rings is 3. The fourth-order valence-corrected chi connectivity index (χ4v) is 3.62. The van der Waals surface area contributed by atoms with E-state index in [1.54, 1.807) is 30.3 Å². The zero-order chi connectivity index (χ0) is 21.5. The van der Waals surface area contributed by atoms with E-state index in [4.69, 9.17) is 5.73 Å². The van der Waals surface area contributed by atoms with Gasteiger partial charge in [0.25, 0.3) is 17.7 Å². The Hall–Kier alpha value is -4.66. The number of tetrazole rings is 1. The maximum atomic E-state index is 13.2. The number of imide groups is 1. The molecule has 3 N–H and O–H groups in total. The van der Waals surface area contributed by atoms with Crippen molar-refractivity contribution in [2.75, 3.05) is 4.90 Å². The Morgan fingerprint density at radius 1 is 0.839 bits per heavy atom. The van der Waals surface area contributed by atoms with Crippen molar-refractivity contribution < 1.29 is 14.4 Å². The highest BCUT2D eigenvalue weighted by atomic mass is 16.2. The van der Waals surface area contributed by atoms with E-state index in [1.807, 2.05) is 30.3 Å². The number of H-pyrrole nitrogens is 1. The number of carbonyl (C=O) groups is 3. The van der Waals surface area contributed by atoms with Gasteiger partial charge in [-0.2, -0.15) is 0 Å². The van der Waals surface area contributed by atoms with Crippen LogP contribution in [-0.4, -0.2) is 38.3 Å². The smallest absolute Gasteiger partial charge is 0.266 e. The highest BCUT2D eigenvalue weighted by Gasteiger charge is 2.38. The lowest BCUT2D eigenvalue weighted by atomic mass is 10.0. The molecule has 3 amide bonds. The van der Waals surface area contributed by atoms with Crippen molar-refractivity contribution in [3.05, 3.63) is 83.4 Å². The van der Waals surface area contributed by atoms with Crippen LogP contribution in [0.2, 0.25) is 0 Å². The number of hydrogen-bond donors (Lipinski definition) is 2. The lowest BCUT2D eigenvalue weighted by molar-refractivity contribution is 0.0926. The van der Waals surface area contributed by atoms with Gasteiger partial charge < -0.3 is 5.73 Å². The first kappa shape index (κ1) is 18.4. The van der Waals surface area contributed by atoms with Crippen LogP contribution in [0.1, 0.15) is 31.1 Å². The molecule has 0 saturated carbocycles. The summed E-state index contributed by atoms with van der Waals surface area (Å²) in [6.07, 6.45) is 0. The predicted molar refractivity (Wildman–Crippen MR) is 111 cm³/mol. The molecule has 9 nitrogen and oxygen atoms in total. The molecular formula is C22H14N6O3.